The molecule has 1 heterocycles. The molecule has 3 rings (SSSR count). The minimum atomic E-state index is -5.12. The van der Waals surface area contributed by atoms with E-state index >= 15 is 0 Å². The van der Waals surface area contributed by atoms with E-state index in [0.717, 1.165) is 36.0 Å². The molecule has 1 aliphatic heterocycles. The number of carbonyl (C=O) groups excluding carboxylic acids is 2. The Morgan fingerprint density at radius 2 is 1.82 bits per heavy atom. The van der Waals surface area contributed by atoms with E-state index in [2.05, 4.69) is 0 Å². The second-order valence-corrected chi connectivity index (χ2v) is 8.68. The standard InChI is InChI=1S/C24H28F3NO5/c1-4-14-13(3)18-11-33-22(31)19(18)20(28-23(32)24(25,26)27)16(14)10-9-12(2)15-7-5-6-8-17(15)21(29)30/h9,15,17H,4-8,10-11H2,1-3H3,(H,28,32)(H,29,30)/b12-9+/t15?,17-/m1/s1. The van der Waals surface area contributed by atoms with Gasteiger partial charge in [0.15, 0.2) is 0 Å². The van der Waals surface area contributed by atoms with E-state index in [1.54, 1.807) is 6.92 Å². The molecule has 33 heavy (non-hydrogen) atoms. The van der Waals surface area contributed by atoms with E-state index < -0.39 is 29.9 Å². The number of hydrogen-bond donors (Lipinski definition) is 2. The van der Waals surface area contributed by atoms with E-state index in [4.69, 9.17) is 4.74 Å². The normalized spacial score (nSPS) is 20.9. The Balaban J connectivity index is 2.08. The second-order valence-electron chi connectivity index (χ2n) is 8.68. The van der Waals surface area contributed by atoms with Crippen LogP contribution in [0.15, 0.2) is 11.6 Å². The molecule has 0 radical (unpaired) electrons. The minimum Gasteiger partial charge on any atom is -0.481 e. The molecule has 0 spiro atoms. The molecule has 1 unspecified atom stereocenters. The van der Waals surface area contributed by atoms with Crippen molar-refractivity contribution in [1.82, 2.24) is 0 Å². The summed E-state index contributed by atoms with van der Waals surface area (Å²) in [5.41, 5.74) is 3.05. The number of aliphatic carboxylic acids is 1. The number of amides is 1. The maximum Gasteiger partial charge on any atom is 0.471 e. The summed E-state index contributed by atoms with van der Waals surface area (Å²) in [5.74, 6) is -4.43. The first-order valence-electron chi connectivity index (χ1n) is 11.1. The zero-order chi connectivity index (χ0) is 24.5. The van der Waals surface area contributed by atoms with Gasteiger partial charge in [0, 0.05) is 5.56 Å². The molecule has 1 aromatic carbocycles. The van der Waals surface area contributed by atoms with E-state index in [9.17, 15) is 32.7 Å². The van der Waals surface area contributed by atoms with Crippen molar-refractivity contribution in [2.45, 2.75) is 72.1 Å². The molecule has 0 bridgehead atoms. The Kier molecular flexibility index (Phi) is 7.19. The summed E-state index contributed by atoms with van der Waals surface area (Å²) < 4.78 is 44.2. The number of halogens is 3. The molecule has 6 nitrogen and oxygen atoms in total. The van der Waals surface area contributed by atoms with Crippen LogP contribution in [0.3, 0.4) is 0 Å². The van der Waals surface area contributed by atoms with Crippen molar-refractivity contribution < 1.29 is 37.4 Å². The number of nitrogens with one attached hydrogen (secondary N) is 1. The van der Waals surface area contributed by atoms with Gasteiger partial charge in [0.1, 0.15) is 6.61 Å². The number of hydrogen-bond acceptors (Lipinski definition) is 4. The highest BCUT2D eigenvalue weighted by atomic mass is 19.4. The lowest BCUT2D eigenvalue weighted by Crippen LogP contribution is -2.31. The van der Waals surface area contributed by atoms with Crippen molar-refractivity contribution in [2.75, 3.05) is 5.32 Å². The van der Waals surface area contributed by atoms with Gasteiger partial charge in [-0.05, 0) is 62.1 Å². The molecule has 2 N–H and O–H groups in total. The topological polar surface area (TPSA) is 92.7 Å². The van der Waals surface area contributed by atoms with Crippen LogP contribution in [-0.2, 0) is 33.8 Å². The fraction of sp³-hybridized carbons (Fsp3) is 0.542. The van der Waals surface area contributed by atoms with Crippen LogP contribution in [0.5, 0.6) is 0 Å². The van der Waals surface area contributed by atoms with Crippen molar-refractivity contribution in [1.29, 1.82) is 0 Å². The molecule has 0 saturated heterocycles. The summed E-state index contributed by atoms with van der Waals surface area (Å²) in [6.07, 6.45) is 0.410. The second kappa shape index (κ2) is 9.57. The number of ether oxygens (including phenoxy) is 1. The lowest BCUT2D eigenvalue weighted by atomic mass is 9.75. The van der Waals surface area contributed by atoms with Gasteiger partial charge in [0.25, 0.3) is 0 Å². The highest BCUT2D eigenvalue weighted by Gasteiger charge is 2.41. The van der Waals surface area contributed by atoms with Crippen LogP contribution in [0.4, 0.5) is 18.9 Å². The Morgan fingerprint density at radius 3 is 2.39 bits per heavy atom. The summed E-state index contributed by atoms with van der Waals surface area (Å²) in [6.45, 7) is 5.42. The largest absolute Gasteiger partial charge is 0.481 e. The SMILES string of the molecule is CCc1c(C)c2c(c(NC(=O)C(F)(F)F)c1C/C=C(\C)C1CCCC[C@H]1C(=O)O)C(=O)OC2. The summed E-state index contributed by atoms with van der Waals surface area (Å²) >= 11 is 0. The maximum absolute atomic E-state index is 13.1. The number of esters is 1. The average Bonchev–Trinajstić information content (AvgIpc) is 3.15. The molecular weight excluding hydrogens is 439 g/mol. The summed E-state index contributed by atoms with van der Waals surface area (Å²) in [7, 11) is 0. The van der Waals surface area contributed by atoms with Gasteiger partial charge >= 0.3 is 24.0 Å². The zero-order valence-electron chi connectivity index (χ0n) is 18.9. The monoisotopic (exact) mass is 467 g/mol. The fourth-order valence-electron chi connectivity index (χ4n) is 5.08. The number of alkyl halides is 3. The Hall–Kier alpha value is -2.84. The van der Waals surface area contributed by atoms with E-state index in [1.807, 2.05) is 25.2 Å². The third kappa shape index (κ3) is 4.91. The predicted molar refractivity (Wildman–Crippen MR) is 115 cm³/mol. The molecule has 1 amide bonds. The van der Waals surface area contributed by atoms with Gasteiger partial charge in [-0.2, -0.15) is 13.2 Å². The lowest BCUT2D eigenvalue weighted by Gasteiger charge is -2.29. The molecule has 1 aliphatic carbocycles. The number of carbonyl (C=O) groups is 3. The van der Waals surface area contributed by atoms with Crippen molar-refractivity contribution in [3.8, 4) is 0 Å². The highest BCUT2D eigenvalue weighted by Crippen LogP contribution is 2.40. The first-order valence-corrected chi connectivity index (χ1v) is 11.1. The number of benzene rings is 1. The Morgan fingerprint density at radius 1 is 1.18 bits per heavy atom. The molecule has 1 saturated carbocycles. The molecule has 1 aromatic rings. The summed E-state index contributed by atoms with van der Waals surface area (Å²) in [6, 6.07) is 0. The number of carboxylic acid groups (broad SMARTS) is 1. The van der Waals surface area contributed by atoms with Gasteiger partial charge < -0.3 is 15.2 Å². The van der Waals surface area contributed by atoms with Gasteiger partial charge in [0.05, 0.1) is 17.2 Å². The number of allylic oxidation sites excluding steroid dienone is 2. The third-order valence-corrected chi connectivity index (χ3v) is 6.82. The van der Waals surface area contributed by atoms with Gasteiger partial charge in [-0.15, -0.1) is 0 Å². The molecule has 1 fully saturated rings. The highest BCUT2D eigenvalue weighted by molar-refractivity contribution is 6.06. The van der Waals surface area contributed by atoms with Gasteiger partial charge in [-0.25, -0.2) is 4.79 Å². The number of anilines is 1. The summed E-state index contributed by atoms with van der Waals surface area (Å²) in [4.78, 5) is 35.9. The zero-order valence-corrected chi connectivity index (χ0v) is 18.9. The predicted octanol–water partition coefficient (Wildman–Crippen LogP) is 5.11. The van der Waals surface area contributed by atoms with Crippen LogP contribution < -0.4 is 5.32 Å². The van der Waals surface area contributed by atoms with Crippen LogP contribution in [0.25, 0.3) is 0 Å². The number of rotatable bonds is 6. The average molecular weight is 467 g/mol. The number of carboxylic acids is 1. The molecule has 9 heteroatoms. The fourth-order valence-corrected chi connectivity index (χ4v) is 5.08. The van der Waals surface area contributed by atoms with Crippen LogP contribution in [0.2, 0.25) is 0 Å². The van der Waals surface area contributed by atoms with Crippen molar-refractivity contribution in [3.05, 3.63) is 39.5 Å². The molecule has 180 valence electrons. The maximum atomic E-state index is 13.1. The number of cyclic esters (lactones) is 1. The van der Waals surface area contributed by atoms with Crippen LogP contribution in [-0.4, -0.2) is 29.1 Å². The first-order chi connectivity index (χ1) is 15.5. The van der Waals surface area contributed by atoms with Gasteiger partial charge in [0.2, 0.25) is 0 Å². The molecule has 2 atom stereocenters. The van der Waals surface area contributed by atoms with E-state index in [-0.39, 0.29) is 30.2 Å². The van der Waals surface area contributed by atoms with Crippen LogP contribution >= 0.6 is 0 Å². The Labute approximate surface area is 190 Å². The lowest BCUT2D eigenvalue weighted by molar-refractivity contribution is -0.167. The van der Waals surface area contributed by atoms with E-state index in [0.29, 0.717) is 24.0 Å². The molecule has 2 aliphatic rings. The summed E-state index contributed by atoms with van der Waals surface area (Å²) in [5, 5.41) is 11.5. The van der Waals surface area contributed by atoms with Crippen LogP contribution in [0, 0.1) is 18.8 Å². The van der Waals surface area contributed by atoms with Gasteiger partial charge in [-0.3, -0.25) is 9.59 Å². The van der Waals surface area contributed by atoms with Crippen molar-refractivity contribution in [3.63, 3.8) is 0 Å². The first kappa shape index (κ1) is 24.8. The molecule has 0 aromatic heterocycles. The Bertz CT molecular complexity index is 1010. The third-order valence-electron chi connectivity index (χ3n) is 6.82. The smallest absolute Gasteiger partial charge is 0.471 e. The van der Waals surface area contributed by atoms with Crippen LogP contribution in [0.1, 0.15) is 72.1 Å². The van der Waals surface area contributed by atoms with Gasteiger partial charge in [-0.1, -0.05) is 31.4 Å². The van der Waals surface area contributed by atoms with Crippen molar-refractivity contribution in [2.24, 2.45) is 11.8 Å². The quantitative estimate of drug-likeness (QED) is 0.448. The molecular formula is C24H28F3NO5. The minimum absolute atomic E-state index is 0.0376. The van der Waals surface area contributed by atoms with Crippen molar-refractivity contribution >= 4 is 23.5 Å². The number of fused-ring (bicyclic) bond motifs is 1. The van der Waals surface area contributed by atoms with E-state index in [1.165, 1.54) is 0 Å².